The topological polar surface area (TPSA) is 341 Å². The molecule has 1 amide bonds. The molecule has 8 N–H and O–H groups in total. The van der Waals surface area contributed by atoms with Crippen molar-refractivity contribution >= 4 is 62.3 Å². The second-order valence-electron chi connectivity index (χ2n) is 16.5. The molecule has 0 radical (unpaired) electrons. The van der Waals surface area contributed by atoms with Crippen molar-refractivity contribution < 1.29 is 73.7 Å². The fraction of sp³-hybridized carbons (Fsp3) is 0.462. The van der Waals surface area contributed by atoms with Crippen molar-refractivity contribution in [3.8, 4) is 23.3 Å². The minimum atomic E-state index is -5.71. The Morgan fingerprint density at radius 3 is 2.57 bits per heavy atom. The number of nitrogen functional groups attached to an aromatic ring is 1. The highest BCUT2D eigenvalue weighted by Gasteiger charge is 2.42. The normalized spacial score (nSPS) is 20.3. The lowest BCUT2D eigenvalue weighted by atomic mass is 9.88. The number of carbonyl (C=O) groups excluding carboxylic acids is 1. The van der Waals surface area contributed by atoms with Crippen molar-refractivity contribution in [2.75, 3.05) is 49.2 Å². The molecule has 1 saturated heterocycles. The lowest BCUT2D eigenvalue weighted by molar-refractivity contribution is -0.120. The largest absolute Gasteiger partial charge is 0.490 e. The van der Waals surface area contributed by atoms with E-state index >= 15 is 0 Å². The van der Waals surface area contributed by atoms with Gasteiger partial charge >= 0.3 is 29.2 Å². The first-order valence-corrected chi connectivity index (χ1v) is 26.9. The molecular weight excluding hydrogens is 963 g/mol. The second-order valence-corrected chi connectivity index (χ2v) is 22.3. The number of amides is 1. The highest BCUT2D eigenvalue weighted by Crippen LogP contribution is 2.66. The Bertz CT molecular complexity index is 3060. The molecule has 24 nitrogen and oxygen atoms in total. The van der Waals surface area contributed by atoms with Gasteiger partial charge in [-0.1, -0.05) is 17.9 Å². The van der Waals surface area contributed by atoms with E-state index < -0.39 is 69.5 Å². The number of phosphoric acid groups is 3. The Labute approximate surface area is 383 Å². The van der Waals surface area contributed by atoms with Crippen LogP contribution in [0, 0.1) is 11.8 Å². The summed E-state index contributed by atoms with van der Waals surface area (Å²) >= 11 is 0. The maximum atomic E-state index is 13.0. The highest BCUT2D eigenvalue weighted by molar-refractivity contribution is 7.86. The maximum Gasteiger partial charge on any atom is 0.490 e. The van der Waals surface area contributed by atoms with Gasteiger partial charge in [-0.05, 0) is 64.2 Å². The first kappa shape index (κ1) is 50.3. The van der Waals surface area contributed by atoms with E-state index in [1.165, 1.54) is 11.8 Å². The molecule has 4 aliphatic heterocycles. The number of benzene rings is 2. The molecule has 2 unspecified atom stereocenters. The molecule has 0 saturated carbocycles. The van der Waals surface area contributed by atoms with E-state index in [0.29, 0.717) is 52.3 Å². The van der Waals surface area contributed by atoms with Crippen LogP contribution in [-0.4, -0.2) is 98.2 Å². The standard InChI is InChI=1S/C39H48N7O17P3S/c1-4-44-14-6-9-24-16-29-33(18-31(24)44)61-34-19-32-28(17-30(34)42-29)26(23-67(56,57)58)20-39(2,3)46(32)15-7-10-35(47)41-13-5-8-25-21-45(38(48)43-37(25)40)36-12-11-27(60-36)22-59-65(52,53)63-66(54,55)62-64(49,50)51/h16-21,27,36H,4,6-7,9-15,22-23H2,1-3H3,(H7-,40,41,43,47,48,49,50,51,52,53,54,55,56,57,58)/p+1/t27-,36+/m0/s1. The molecule has 2 aromatic carbocycles. The number of hydrogen-bond donors (Lipinski definition) is 7. The van der Waals surface area contributed by atoms with Crippen LogP contribution >= 0.6 is 23.5 Å². The van der Waals surface area contributed by atoms with Crippen molar-refractivity contribution in [3.05, 3.63) is 74.4 Å². The Morgan fingerprint density at radius 2 is 1.85 bits per heavy atom. The number of nitrogens with zero attached hydrogens (tertiary/aromatic N) is 5. The van der Waals surface area contributed by atoms with Gasteiger partial charge in [0, 0.05) is 48.5 Å². The molecule has 1 aromatic heterocycles. The van der Waals surface area contributed by atoms with E-state index in [9.17, 15) is 46.0 Å². The molecule has 7 rings (SSSR count). The molecule has 4 atom stereocenters. The van der Waals surface area contributed by atoms with Gasteiger partial charge in [0.25, 0.3) is 10.1 Å². The average molecular weight is 1010 g/mol. The Balaban J connectivity index is 0.976. The molecule has 0 bridgehead atoms. The Hall–Kier alpha value is -4.63. The van der Waals surface area contributed by atoms with Crippen molar-refractivity contribution in [2.24, 2.45) is 4.99 Å². The van der Waals surface area contributed by atoms with Gasteiger partial charge in [-0.3, -0.25) is 18.4 Å². The molecule has 28 heteroatoms. The van der Waals surface area contributed by atoms with Crippen LogP contribution in [0.4, 0.5) is 17.2 Å². The number of aromatic nitrogens is 2. The smallest absolute Gasteiger partial charge is 0.452 e. The van der Waals surface area contributed by atoms with Gasteiger partial charge in [-0.25, -0.2) is 28.1 Å². The first-order chi connectivity index (χ1) is 31.3. The molecule has 362 valence electrons. The fourth-order valence-corrected chi connectivity index (χ4v) is 12.0. The zero-order valence-electron chi connectivity index (χ0n) is 36.3. The maximum absolute atomic E-state index is 13.0. The number of carbonyl (C=O) groups is 1. The Kier molecular flexibility index (Phi) is 14.6. The van der Waals surface area contributed by atoms with E-state index in [0.717, 1.165) is 35.9 Å². The van der Waals surface area contributed by atoms with Crippen LogP contribution in [0.15, 0.2) is 46.3 Å². The van der Waals surface area contributed by atoms with Crippen LogP contribution in [0.5, 0.6) is 11.5 Å². The Morgan fingerprint density at radius 1 is 1.09 bits per heavy atom. The molecule has 5 heterocycles. The van der Waals surface area contributed by atoms with E-state index in [4.69, 9.17) is 30.0 Å². The molecule has 1 fully saturated rings. The predicted molar refractivity (Wildman–Crippen MR) is 239 cm³/mol. The monoisotopic (exact) mass is 1010 g/mol. The number of hydrogen-bond acceptors (Lipinski definition) is 16. The summed E-state index contributed by atoms with van der Waals surface area (Å²) in [6.07, 6.45) is 3.87. The summed E-state index contributed by atoms with van der Waals surface area (Å²) in [5.41, 5.74) is 7.82. The summed E-state index contributed by atoms with van der Waals surface area (Å²) in [6, 6.07) is 7.65. The molecule has 0 aliphatic carbocycles. The number of anilines is 2. The number of phosphoric ester groups is 1. The van der Waals surface area contributed by atoms with Gasteiger partial charge < -0.3 is 45.0 Å². The molecule has 3 aromatic rings. The van der Waals surface area contributed by atoms with Crippen LogP contribution in [0.25, 0.3) is 5.57 Å². The number of rotatable bonds is 16. The third-order valence-corrected chi connectivity index (χ3v) is 15.6. The molecule has 67 heavy (non-hydrogen) atoms. The van der Waals surface area contributed by atoms with Crippen LogP contribution < -0.4 is 41.7 Å². The predicted octanol–water partition coefficient (Wildman–Crippen LogP) is 2.18. The van der Waals surface area contributed by atoms with E-state index in [-0.39, 0.29) is 43.1 Å². The summed E-state index contributed by atoms with van der Waals surface area (Å²) in [5, 5.41) is 4.51. The van der Waals surface area contributed by atoms with Gasteiger partial charge in [0.05, 0.1) is 36.4 Å². The van der Waals surface area contributed by atoms with Gasteiger partial charge in [-0.15, -0.1) is 0 Å². The lowest BCUT2D eigenvalue weighted by Gasteiger charge is -2.44. The summed E-state index contributed by atoms with van der Waals surface area (Å²) in [7, 11) is -21.1. The van der Waals surface area contributed by atoms with Crippen LogP contribution in [0.3, 0.4) is 0 Å². The molecule has 0 spiro atoms. The van der Waals surface area contributed by atoms with Crippen LogP contribution in [-0.2, 0) is 52.9 Å². The number of nitrogens with one attached hydrogen (secondary N) is 1. The average Bonchev–Trinajstić information content (AvgIpc) is 3.68. The van der Waals surface area contributed by atoms with E-state index in [1.54, 1.807) is 12.1 Å². The third-order valence-electron chi connectivity index (χ3n) is 11.1. The van der Waals surface area contributed by atoms with E-state index in [1.807, 2.05) is 36.9 Å². The summed E-state index contributed by atoms with van der Waals surface area (Å²) in [6.45, 7) is 7.27. The van der Waals surface area contributed by atoms with Crippen molar-refractivity contribution in [1.29, 1.82) is 0 Å². The molecule has 4 aliphatic rings. The first-order valence-electron chi connectivity index (χ1n) is 20.8. The zero-order chi connectivity index (χ0) is 48.7. The highest BCUT2D eigenvalue weighted by atomic mass is 32.2. The van der Waals surface area contributed by atoms with Gasteiger partial charge in [-0.2, -0.15) is 22.0 Å². The van der Waals surface area contributed by atoms with Gasteiger partial charge in [0.1, 0.15) is 41.9 Å². The quantitative estimate of drug-likeness (QED) is 0.0366. The minimum absolute atomic E-state index is 0.0885. The second kappa shape index (κ2) is 19.4. The van der Waals surface area contributed by atoms with Gasteiger partial charge in [0.15, 0.2) is 11.5 Å². The number of nitrogens with two attached hydrogens (primary N) is 1. The van der Waals surface area contributed by atoms with Crippen molar-refractivity contribution in [2.45, 2.75) is 77.2 Å². The summed E-state index contributed by atoms with van der Waals surface area (Å²) < 4.78 is 96.5. The zero-order valence-corrected chi connectivity index (χ0v) is 39.8. The summed E-state index contributed by atoms with van der Waals surface area (Å²) in [4.78, 5) is 72.9. The van der Waals surface area contributed by atoms with Crippen molar-refractivity contribution in [3.63, 3.8) is 0 Å². The van der Waals surface area contributed by atoms with Crippen molar-refractivity contribution in [1.82, 2.24) is 19.4 Å². The third kappa shape index (κ3) is 12.5. The number of aryl methyl sites for hydroxylation is 1. The van der Waals surface area contributed by atoms with Crippen LogP contribution in [0.2, 0.25) is 0 Å². The fourth-order valence-electron chi connectivity index (χ4n) is 8.29. The lowest BCUT2D eigenvalue weighted by Crippen LogP contribution is -2.46. The SMILES string of the molecule is CC[N+]1=c2cc3c(cc2CCC1)=Nc1cc2c(cc1O3)N(CCCC(=O)NCC#Cc1cn([C@H]3CC[C@@H](COP(=O)(O)OP(=O)(O)OP(=O)(O)O)O3)c(=O)nc1N)C(C)(C)C=C2CS(=O)(=O)O. The van der Waals surface area contributed by atoms with E-state index in [2.05, 4.69) is 46.8 Å². The summed E-state index contributed by atoms with van der Waals surface area (Å²) in [5.74, 6) is 5.49. The number of ether oxygens (including phenoxy) is 2. The van der Waals surface area contributed by atoms with Crippen LogP contribution in [0.1, 0.15) is 75.8 Å². The van der Waals surface area contributed by atoms with Gasteiger partial charge in [0.2, 0.25) is 11.3 Å². The molecular formula is C39H49N7O17P3S+. The number of fused-ring (bicyclic) bond motifs is 4. The minimum Gasteiger partial charge on any atom is -0.452 e.